The molecule has 1 fully saturated rings. The summed E-state index contributed by atoms with van der Waals surface area (Å²) in [6, 6.07) is 10.7. The number of carbonyl (C=O) groups excluding carboxylic acids is 1. The molecule has 4 heteroatoms. The molecule has 0 aliphatic carbocycles. The van der Waals surface area contributed by atoms with E-state index in [0.717, 1.165) is 42.8 Å². The third-order valence-corrected chi connectivity index (χ3v) is 6.48. The number of amides is 1. The van der Waals surface area contributed by atoms with Crippen molar-refractivity contribution in [1.82, 2.24) is 14.5 Å². The minimum Gasteiger partial charge on any atom is -0.333 e. The highest BCUT2D eigenvalue weighted by molar-refractivity contribution is 5.77. The van der Waals surface area contributed by atoms with E-state index >= 15 is 0 Å². The Morgan fingerprint density at radius 2 is 1.79 bits per heavy atom. The van der Waals surface area contributed by atoms with Crippen molar-refractivity contribution in [2.45, 2.75) is 60.0 Å². The van der Waals surface area contributed by atoms with Gasteiger partial charge >= 0.3 is 0 Å². The maximum atomic E-state index is 12.2. The molecule has 0 spiro atoms. The van der Waals surface area contributed by atoms with E-state index in [2.05, 4.69) is 56.5 Å². The van der Waals surface area contributed by atoms with Crippen molar-refractivity contribution in [3.63, 3.8) is 0 Å². The van der Waals surface area contributed by atoms with Crippen LogP contribution in [0.4, 0.5) is 0 Å². The van der Waals surface area contributed by atoms with Crippen LogP contribution < -0.4 is 0 Å². The number of hydrogen-bond donors (Lipinski definition) is 0. The number of fused-ring (bicyclic) bond motifs is 1. The molecule has 1 aliphatic rings. The highest BCUT2D eigenvalue weighted by Gasteiger charge is 2.32. The third-order valence-electron chi connectivity index (χ3n) is 6.48. The fraction of sp³-hybridized carbons (Fsp3) is 0.417. The second-order valence-electron chi connectivity index (χ2n) is 8.15. The fourth-order valence-electron chi connectivity index (χ4n) is 4.62. The monoisotopic (exact) mass is 375 g/mol. The highest BCUT2D eigenvalue weighted by atomic mass is 16.2. The number of rotatable bonds is 3. The summed E-state index contributed by atoms with van der Waals surface area (Å²) in [5, 5.41) is 0. The second-order valence-corrected chi connectivity index (χ2v) is 8.15. The van der Waals surface area contributed by atoms with E-state index in [9.17, 15) is 4.79 Å². The maximum absolute atomic E-state index is 12.2. The Hall–Kier alpha value is -2.62. The zero-order valence-electron chi connectivity index (χ0n) is 17.5. The van der Waals surface area contributed by atoms with Gasteiger partial charge in [-0.15, -0.1) is 0 Å². The molecule has 0 bridgehead atoms. The van der Waals surface area contributed by atoms with Crippen LogP contribution in [0.3, 0.4) is 0 Å². The Bertz CT molecular complexity index is 1040. The number of aryl methyl sites for hydroxylation is 2. The van der Waals surface area contributed by atoms with E-state index in [-0.39, 0.29) is 11.9 Å². The normalized spacial score (nSPS) is 16.9. The largest absolute Gasteiger partial charge is 0.333 e. The topological polar surface area (TPSA) is 38.1 Å². The molecule has 0 N–H and O–H groups in total. The average molecular weight is 376 g/mol. The van der Waals surface area contributed by atoms with Gasteiger partial charge in [-0.2, -0.15) is 0 Å². The molecule has 1 aliphatic heterocycles. The summed E-state index contributed by atoms with van der Waals surface area (Å²) in [6.07, 6.45) is 2.02. The predicted molar refractivity (Wildman–Crippen MR) is 114 cm³/mol. The zero-order valence-corrected chi connectivity index (χ0v) is 17.5. The van der Waals surface area contributed by atoms with Crippen molar-refractivity contribution in [3.05, 3.63) is 64.0 Å². The minimum atomic E-state index is 0.0661. The van der Waals surface area contributed by atoms with Gasteiger partial charge in [0.15, 0.2) is 0 Å². The molecule has 1 atom stereocenters. The first kappa shape index (κ1) is 18.7. The Morgan fingerprint density at radius 3 is 2.46 bits per heavy atom. The van der Waals surface area contributed by atoms with Gasteiger partial charge in [0.1, 0.15) is 5.82 Å². The lowest BCUT2D eigenvalue weighted by Crippen LogP contribution is -2.30. The number of aromatic nitrogens is 2. The number of benzene rings is 2. The van der Waals surface area contributed by atoms with Gasteiger partial charge in [0.05, 0.1) is 17.1 Å². The predicted octanol–water partition coefficient (Wildman–Crippen LogP) is 5.00. The third kappa shape index (κ3) is 3.01. The molecule has 28 heavy (non-hydrogen) atoms. The molecule has 2 heterocycles. The maximum Gasteiger partial charge on any atom is 0.220 e. The van der Waals surface area contributed by atoms with Crippen LogP contribution in [0.25, 0.3) is 11.0 Å². The quantitative estimate of drug-likeness (QED) is 0.646. The van der Waals surface area contributed by atoms with Gasteiger partial charge in [-0.25, -0.2) is 4.98 Å². The summed E-state index contributed by atoms with van der Waals surface area (Å²) in [6.45, 7) is 12.1. The average Bonchev–Trinajstić information content (AvgIpc) is 3.28. The van der Waals surface area contributed by atoms with Crippen LogP contribution in [0.2, 0.25) is 0 Å². The van der Waals surface area contributed by atoms with Crippen molar-refractivity contribution >= 4 is 16.9 Å². The van der Waals surface area contributed by atoms with E-state index in [1.807, 2.05) is 11.0 Å². The number of nitrogens with zero attached hydrogens (tertiary/aromatic N) is 3. The number of para-hydroxylation sites is 2. The van der Waals surface area contributed by atoms with E-state index in [1.165, 1.54) is 27.8 Å². The smallest absolute Gasteiger partial charge is 0.220 e. The Kier molecular flexibility index (Phi) is 4.74. The van der Waals surface area contributed by atoms with Gasteiger partial charge in [-0.05, 0) is 80.5 Å². The zero-order chi connectivity index (χ0) is 20.0. The van der Waals surface area contributed by atoms with E-state index in [0.29, 0.717) is 0 Å². The summed E-state index contributed by atoms with van der Waals surface area (Å²) in [7, 11) is 0. The van der Waals surface area contributed by atoms with E-state index in [1.54, 1.807) is 6.92 Å². The Labute approximate surface area is 167 Å². The number of hydrogen-bond acceptors (Lipinski definition) is 2. The molecule has 1 aromatic heterocycles. The van der Waals surface area contributed by atoms with Crippen molar-refractivity contribution in [3.8, 4) is 0 Å². The van der Waals surface area contributed by atoms with Gasteiger partial charge in [0.25, 0.3) is 0 Å². The molecule has 1 amide bonds. The molecule has 1 saturated heterocycles. The van der Waals surface area contributed by atoms with Gasteiger partial charge < -0.3 is 9.47 Å². The fourth-order valence-corrected chi connectivity index (χ4v) is 4.62. The van der Waals surface area contributed by atoms with Crippen LogP contribution in [0, 0.1) is 27.7 Å². The van der Waals surface area contributed by atoms with E-state index < -0.39 is 0 Å². The first-order valence-corrected chi connectivity index (χ1v) is 10.2. The molecule has 1 unspecified atom stereocenters. The van der Waals surface area contributed by atoms with Gasteiger partial charge in [0, 0.05) is 20.0 Å². The lowest BCUT2D eigenvalue weighted by Gasteiger charge is -2.25. The van der Waals surface area contributed by atoms with Crippen molar-refractivity contribution in [2.24, 2.45) is 0 Å². The molecule has 4 rings (SSSR count). The molecular weight excluding hydrogens is 346 g/mol. The van der Waals surface area contributed by atoms with Gasteiger partial charge in [0.2, 0.25) is 5.91 Å². The summed E-state index contributed by atoms with van der Waals surface area (Å²) in [4.78, 5) is 19.2. The molecule has 146 valence electrons. The molecule has 0 radical (unpaired) electrons. The van der Waals surface area contributed by atoms with Crippen LogP contribution in [0.5, 0.6) is 0 Å². The number of likely N-dealkylation sites (tertiary alicyclic amines) is 1. The summed E-state index contributed by atoms with van der Waals surface area (Å²) >= 11 is 0. The van der Waals surface area contributed by atoms with Crippen LogP contribution >= 0.6 is 0 Å². The first-order chi connectivity index (χ1) is 13.4. The van der Waals surface area contributed by atoms with Crippen molar-refractivity contribution in [2.75, 3.05) is 6.54 Å². The van der Waals surface area contributed by atoms with Crippen LogP contribution in [-0.4, -0.2) is 26.9 Å². The first-order valence-electron chi connectivity index (χ1n) is 10.2. The van der Waals surface area contributed by atoms with Crippen molar-refractivity contribution < 1.29 is 4.79 Å². The summed E-state index contributed by atoms with van der Waals surface area (Å²) in [5.41, 5.74) is 8.88. The van der Waals surface area contributed by atoms with Gasteiger partial charge in [-0.3, -0.25) is 4.79 Å². The summed E-state index contributed by atoms with van der Waals surface area (Å²) in [5.74, 6) is 1.16. The van der Waals surface area contributed by atoms with Crippen LogP contribution in [0.1, 0.15) is 59.4 Å². The van der Waals surface area contributed by atoms with Crippen LogP contribution in [0.15, 0.2) is 30.3 Å². The molecule has 3 aromatic rings. The number of carbonyl (C=O) groups is 1. The lowest BCUT2D eigenvalue weighted by atomic mass is 9.94. The highest BCUT2D eigenvalue weighted by Crippen LogP contribution is 2.34. The second kappa shape index (κ2) is 7.08. The van der Waals surface area contributed by atoms with E-state index in [4.69, 9.17) is 4.98 Å². The number of imidazole rings is 1. The lowest BCUT2D eigenvalue weighted by molar-refractivity contribution is -0.129. The van der Waals surface area contributed by atoms with Crippen LogP contribution in [-0.2, 0) is 11.3 Å². The molecule has 2 aromatic carbocycles. The van der Waals surface area contributed by atoms with Crippen molar-refractivity contribution in [1.29, 1.82) is 0 Å². The Balaban J connectivity index is 1.89. The molecule has 4 nitrogen and oxygen atoms in total. The SMILES string of the molecule is CC(=O)N1CCCC1c1nc2ccccc2n1Cc1c(C)c(C)cc(C)c1C. The molecular formula is C24H29N3O. The summed E-state index contributed by atoms with van der Waals surface area (Å²) < 4.78 is 2.34. The van der Waals surface area contributed by atoms with Gasteiger partial charge in [-0.1, -0.05) is 18.2 Å². The standard InChI is InChI=1S/C24H29N3O/c1-15-13-16(2)18(4)20(17(15)3)14-27-22-10-7-6-9-21(22)25-24(27)23-11-8-12-26(23)19(5)28/h6-7,9-10,13,23H,8,11-12,14H2,1-5H3. The Morgan fingerprint density at radius 1 is 1.11 bits per heavy atom. The molecule has 0 saturated carbocycles. The minimum absolute atomic E-state index is 0.0661.